The van der Waals surface area contributed by atoms with Gasteiger partial charge in [-0.05, 0) is 56.0 Å². The number of benzene rings is 1. The zero-order chi connectivity index (χ0) is 12.4. The van der Waals surface area contributed by atoms with Crippen LogP contribution in [0.25, 0.3) is 5.69 Å². The van der Waals surface area contributed by atoms with Crippen molar-refractivity contribution in [3.8, 4) is 5.69 Å². The maximum Gasteiger partial charge on any atom is 0.0674 e. The van der Waals surface area contributed by atoms with Gasteiger partial charge in [0, 0.05) is 6.20 Å². The third-order valence-electron chi connectivity index (χ3n) is 3.69. The first-order valence-corrected chi connectivity index (χ1v) is 6.63. The van der Waals surface area contributed by atoms with E-state index in [9.17, 15) is 0 Å². The summed E-state index contributed by atoms with van der Waals surface area (Å²) in [6.07, 6.45) is 6.60. The van der Waals surface area contributed by atoms with E-state index in [2.05, 4.69) is 47.8 Å². The third-order valence-corrected chi connectivity index (χ3v) is 3.69. The van der Waals surface area contributed by atoms with Crippen molar-refractivity contribution >= 4 is 0 Å². The van der Waals surface area contributed by atoms with E-state index in [0.29, 0.717) is 0 Å². The molecule has 0 bridgehead atoms. The molecule has 1 atom stereocenters. The molecule has 2 aromatic rings. The second-order valence-electron chi connectivity index (χ2n) is 5.14. The number of para-hydroxylation sites is 1. The quantitative estimate of drug-likeness (QED) is 0.894. The Morgan fingerprint density at radius 3 is 3.06 bits per heavy atom. The molecule has 1 aromatic carbocycles. The topological polar surface area (TPSA) is 29.9 Å². The molecule has 0 aliphatic carbocycles. The van der Waals surface area contributed by atoms with Crippen LogP contribution < -0.4 is 5.32 Å². The molecule has 94 valence electrons. The summed E-state index contributed by atoms with van der Waals surface area (Å²) in [7, 11) is 0. The van der Waals surface area contributed by atoms with Crippen LogP contribution in [0.1, 0.15) is 17.5 Å². The van der Waals surface area contributed by atoms with Crippen LogP contribution in [-0.2, 0) is 6.42 Å². The Bertz CT molecular complexity index is 524. The monoisotopic (exact) mass is 241 g/mol. The first-order valence-electron chi connectivity index (χ1n) is 6.63. The highest BCUT2D eigenvalue weighted by Crippen LogP contribution is 2.17. The minimum absolute atomic E-state index is 0.777. The largest absolute Gasteiger partial charge is 0.316 e. The van der Waals surface area contributed by atoms with Crippen molar-refractivity contribution in [3.63, 3.8) is 0 Å². The molecule has 18 heavy (non-hydrogen) atoms. The summed E-state index contributed by atoms with van der Waals surface area (Å²) in [6.45, 7) is 4.43. The summed E-state index contributed by atoms with van der Waals surface area (Å²) in [5, 5.41) is 7.90. The number of hydrogen-bond acceptors (Lipinski definition) is 2. The molecule has 1 N–H and O–H groups in total. The van der Waals surface area contributed by atoms with Gasteiger partial charge in [0.1, 0.15) is 0 Å². The number of rotatable bonds is 3. The zero-order valence-corrected chi connectivity index (χ0v) is 10.8. The maximum atomic E-state index is 4.49. The molecule has 1 fully saturated rings. The predicted octanol–water partition coefficient (Wildman–Crippen LogP) is 2.33. The van der Waals surface area contributed by atoms with Crippen LogP contribution in [0.15, 0.2) is 36.7 Å². The van der Waals surface area contributed by atoms with Crippen molar-refractivity contribution in [1.82, 2.24) is 15.1 Å². The average Bonchev–Trinajstić information content (AvgIpc) is 3.02. The van der Waals surface area contributed by atoms with E-state index >= 15 is 0 Å². The van der Waals surface area contributed by atoms with E-state index in [4.69, 9.17) is 0 Å². The molecular formula is C15H19N3. The van der Waals surface area contributed by atoms with Crippen LogP contribution in [0.4, 0.5) is 0 Å². The van der Waals surface area contributed by atoms with Crippen molar-refractivity contribution < 1.29 is 0 Å². The van der Waals surface area contributed by atoms with Crippen LogP contribution in [0.2, 0.25) is 0 Å². The molecule has 1 aliphatic heterocycles. The molecule has 0 saturated carbocycles. The standard InChI is InChI=1S/C15H19N3/c1-12-4-2-3-5-15(12)18-11-14(10-17-18)8-13-6-7-16-9-13/h2-5,10-11,13,16H,6-9H2,1H3. The van der Waals surface area contributed by atoms with E-state index in [1.807, 2.05) is 10.9 Å². The van der Waals surface area contributed by atoms with Gasteiger partial charge in [-0.25, -0.2) is 4.68 Å². The van der Waals surface area contributed by atoms with Crippen LogP contribution in [-0.4, -0.2) is 22.9 Å². The Morgan fingerprint density at radius 2 is 2.28 bits per heavy atom. The van der Waals surface area contributed by atoms with Crippen LogP contribution in [0.3, 0.4) is 0 Å². The van der Waals surface area contributed by atoms with Gasteiger partial charge in [-0.3, -0.25) is 0 Å². The molecule has 3 rings (SSSR count). The normalized spacial score (nSPS) is 19.3. The minimum atomic E-state index is 0.777. The number of hydrogen-bond donors (Lipinski definition) is 1. The Labute approximate surface area is 108 Å². The van der Waals surface area contributed by atoms with Crippen molar-refractivity contribution in [1.29, 1.82) is 0 Å². The summed E-state index contributed by atoms with van der Waals surface area (Å²) >= 11 is 0. The Kier molecular flexibility index (Phi) is 3.15. The molecule has 1 unspecified atom stereocenters. The average molecular weight is 241 g/mol. The number of aromatic nitrogens is 2. The van der Waals surface area contributed by atoms with Gasteiger partial charge in [0.25, 0.3) is 0 Å². The molecule has 3 nitrogen and oxygen atoms in total. The van der Waals surface area contributed by atoms with E-state index in [1.165, 1.54) is 23.2 Å². The van der Waals surface area contributed by atoms with Gasteiger partial charge in [-0.1, -0.05) is 18.2 Å². The molecule has 1 aliphatic rings. The zero-order valence-electron chi connectivity index (χ0n) is 10.8. The summed E-state index contributed by atoms with van der Waals surface area (Å²) in [5.41, 5.74) is 3.77. The Morgan fingerprint density at radius 1 is 1.39 bits per heavy atom. The second kappa shape index (κ2) is 4.94. The number of aryl methyl sites for hydroxylation is 1. The lowest BCUT2D eigenvalue weighted by Crippen LogP contribution is -2.10. The summed E-state index contributed by atoms with van der Waals surface area (Å²) in [6, 6.07) is 8.36. The lowest BCUT2D eigenvalue weighted by atomic mass is 10.0. The van der Waals surface area contributed by atoms with Gasteiger partial charge in [0.05, 0.1) is 11.9 Å². The fourth-order valence-electron chi connectivity index (χ4n) is 2.64. The van der Waals surface area contributed by atoms with Crippen LogP contribution in [0.5, 0.6) is 0 Å². The van der Waals surface area contributed by atoms with E-state index < -0.39 is 0 Å². The van der Waals surface area contributed by atoms with Gasteiger partial charge < -0.3 is 5.32 Å². The molecule has 3 heteroatoms. The SMILES string of the molecule is Cc1ccccc1-n1cc(CC2CCNC2)cn1. The van der Waals surface area contributed by atoms with Gasteiger partial charge in [-0.15, -0.1) is 0 Å². The van der Waals surface area contributed by atoms with Crippen molar-refractivity contribution in [3.05, 3.63) is 47.8 Å². The van der Waals surface area contributed by atoms with Gasteiger partial charge in [0.2, 0.25) is 0 Å². The van der Waals surface area contributed by atoms with E-state index in [-0.39, 0.29) is 0 Å². The fraction of sp³-hybridized carbons (Fsp3) is 0.400. The third kappa shape index (κ3) is 2.31. The first-order chi connectivity index (χ1) is 8.83. The lowest BCUT2D eigenvalue weighted by molar-refractivity contribution is 0.580. The van der Waals surface area contributed by atoms with Gasteiger partial charge >= 0.3 is 0 Å². The van der Waals surface area contributed by atoms with Crippen molar-refractivity contribution in [2.24, 2.45) is 5.92 Å². The molecular weight excluding hydrogens is 222 g/mol. The lowest BCUT2D eigenvalue weighted by Gasteiger charge is -2.06. The van der Waals surface area contributed by atoms with Gasteiger partial charge in [0.15, 0.2) is 0 Å². The highest BCUT2D eigenvalue weighted by molar-refractivity contribution is 5.39. The Hall–Kier alpha value is -1.61. The minimum Gasteiger partial charge on any atom is -0.316 e. The van der Waals surface area contributed by atoms with Crippen molar-refractivity contribution in [2.75, 3.05) is 13.1 Å². The molecule has 2 heterocycles. The predicted molar refractivity (Wildman–Crippen MR) is 73.0 cm³/mol. The number of nitrogens with one attached hydrogen (secondary N) is 1. The summed E-state index contributed by atoms with van der Waals surface area (Å²) in [5.74, 6) is 0.777. The van der Waals surface area contributed by atoms with E-state index in [1.54, 1.807) is 0 Å². The molecule has 1 aromatic heterocycles. The molecule has 0 radical (unpaired) electrons. The highest BCUT2D eigenvalue weighted by atomic mass is 15.3. The van der Waals surface area contributed by atoms with Crippen LogP contribution >= 0.6 is 0 Å². The highest BCUT2D eigenvalue weighted by Gasteiger charge is 2.15. The second-order valence-corrected chi connectivity index (χ2v) is 5.14. The summed E-state index contributed by atoms with van der Waals surface area (Å²) in [4.78, 5) is 0. The number of nitrogens with zero attached hydrogens (tertiary/aromatic N) is 2. The maximum absolute atomic E-state index is 4.49. The Balaban J connectivity index is 1.79. The van der Waals surface area contributed by atoms with Crippen molar-refractivity contribution in [2.45, 2.75) is 19.8 Å². The first kappa shape index (κ1) is 11.5. The molecule has 0 spiro atoms. The fourth-order valence-corrected chi connectivity index (χ4v) is 2.64. The summed E-state index contributed by atoms with van der Waals surface area (Å²) < 4.78 is 1.99. The van der Waals surface area contributed by atoms with Crippen LogP contribution in [0, 0.1) is 12.8 Å². The molecule has 0 amide bonds. The van der Waals surface area contributed by atoms with Gasteiger partial charge in [-0.2, -0.15) is 5.10 Å². The van der Waals surface area contributed by atoms with E-state index in [0.717, 1.165) is 25.4 Å². The smallest absolute Gasteiger partial charge is 0.0674 e. The molecule has 1 saturated heterocycles.